The molecule has 0 spiro atoms. The van der Waals surface area contributed by atoms with Gasteiger partial charge in [-0.3, -0.25) is 59.6 Å². The predicted molar refractivity (Wildman–Crippen MR) is 217 cm³/mol. The molecule has 1 saturated heterocycles. The molecule has 23 nitrogen and oxygen atoms in total. The maximum atomic E-state index is 12.3. The molecule has 1 fully saturated rings. The molecule has 0 saturated carbocycles. The van der Waals surface area contributed by atoms with E-state index in [1.807, 2.05) is 17.8 Å². The fourth-order valence-corrected chi connectivity index (χ4v) is 6.83. The second-order valence-electron chi connectivity index (χ2n) is 13.3. The van der Waals surface area contributed by atoms with Crippen LogP contribution < -0.4 is 0 Å². The number of aliphatic hydroxyl groups excluding tert-OH is 1. The number of nitro groups is 4. The zero-order chi connectivity index (χ0) is 45.2. The summed E-state index contributed by atoms with van der Waals surface area (Å²) < 4.78 is 25.1. The highest BCUT2D eigenvalue weighted by Gasteiger charge is 2.52. The lowest BCUT2D eigenvalue weighted by Gasteiger charge is -2.42. The van der Waals surface area contributed by atoms with Gasteiger partial charge in [0.15, 0.2) is 24.6 Å². The maximum Gasteiger partial charge on any atom is 0.313 e. The fourth-order valence-electron chi connectivity index (χ4n) is 5.57. The van der Waals surface area contributed by atoms with Crippen LogP contribution in [0.3, 0.4) is 0 Å². The van der Waals surface area contributed by atoms with Crippen LogP contribution in [-0.2, 0) is 42.9 Å². The van der Waals surface area contributed by atoms with Gasteiger partial charge in [-0.1, -0.05) is 47.6 Å². The second kappa shape index (κ2) is 26.1. The topological polar surface area (TPSA) is 310 Å². The van der Waals surface area contributed by atoms with Crippen molar-refractivity contribution < 1.29 is 67.7 Å². The highest BCUT2D eigenvalue weighted by molar-refractivity contribution is 7.99. The average molecular weight is 937 g/mol. The minimum Gasteiger partial charge on any atom is -0.463 e. The first-order valence-electron chi connectivity index (χ1n) is 18.3. The van der Waals surface area contributed by atoms with E-state index in [0.717, 1.165) is 18.0 Å². The SMILES string of the molecule is CN(C)CCC=C1c2ccccc2Sc2ccc(Cl)cc21.Cl.O=C(CC[N+](=O)[O-])OCC1OC(O)C(OC(=O)CC[N+](=O)[O-])C(OC(=O)CC[N+](=O)[O-])C1OC(=O)CC[N+](=O)[O-]. The average Bonchev–Trinajstić information content (AvgIpc) is 3.19. The van der Waals surface area contributed by atoms with Crippen molar-refractivity contribution >= 4 is 65.2 Å². The number of fused-ring (bicyclic) bond motifs is 2. The number of hydrogen-bond donors (Lipinski definition) is 1. The van der Waals surface area contributed by atoms with Crippen molar-refractivity contribution in [2.45, 2.75) is 72.6 Å². The molecule has 62 heavy (non-hydrogen) atoms. The van der Waals surface area contributed by atoms with Crippen molar-refractivity contribution in [3.63, 3.8) is 0 Å². The lowest BCUT2D eigenvalue weighted by molar-refractivity contribution is -0.479. The Labute approximate surface area is 368 Å². The quantitative estimate of drug-likeness (QED) is 0.0735. The maximum absolute atomic E-state index is 12.3. The molecule has 2 aromatic carbocycles. The van der Waals surface area contributed by atoms with Crippen LogP contribution in [0.15, 0.2) is 58.3 Å². The monoisotopic (exact) mass is 935 g/mol. The van der Waals surface area contributed by atoms with E-state index in [2.05, 4.69) is 61.5 Å². The molecule has 1 N–H and O–H groups in total. The molecule has 0 aromatic heterocycles. The van der Waals surface area contributed by atoms with Crippen molar-refractivity contribution in [3.8, 4) is 0 Å². The number of aliphatic hydroxyl groups is 1. The first kappa shape index (κ1) is 52.6. The first-order chi connectivity index (χ1) is 28.8. The predicted octanol–water partition coefficient (Wildman–Crippen LogP) is 3.26. The van der Waals surface area contributed by atoms with Crippen LogP contribution in [0.1, 0.15) is 43.2 Å². The van der Waals surface area contributed by atoms with Crippen molar-refractivity contribution in [2.24, 2.45) is 0 Å². The van der Waals surface area contributed by atoms with E-state index < -0.39 is 133 Å². The van der Waals surface area contributed by atoms with Crippen LogP contribution in [0.25, 0.3) is 5.57 Å². The number of carbonyl (C=O) groups is 4. The third-order valence-electron chi connectivity index (χ3n) is 8.37. The summed E-state index contributed by atoms with van der Waals surface area (Å²) >= 11 is 8.03. The Balaban J connectivity index is 0.000000500. The van der Waals surface area contributed by atoms with Gasteiger partial charge >= 0.3 is 23.9 Å². The van der Waals surface area contributed by atoms with Gasteiger partial charge in [0.05, 0.1) is 0 Å². The molecular weight excluding hydrogens is 893 g/mol. The van der Waals surface area contributed by atoms with Crippen molar-refractivity contribution in [1.82, 2.24) is 4.90 Å². The Morgan fingerprint density at radius 1 is 0.742 bits per heavy atom. The van der Waals surface area contributed by atoms with Crippen molar-refractivity contribution in [1.29, 1.82) is 0 Å². The highest BCUT2D eigenvalue weighted by atomic mass is 35.5. The number of nitrogens with zero attached hydrogens (tertiary/aromatic N) is 5. The molecule has 2 aliphatic heterocycles. The minimum absolute atomic E-state index is 0. The van der Waals surface area contributed by atoms with Gasteiger partial charge < -0.3 is 33.7 Å². The summed E-state index contributed by atoms with van der Waals surface area (Å²) in [6.07, 6.45) is -9.80. The summed E-state index contributed by atoms with van der Waals surface area (Å²) in [6, 6.07) is 14.8. The van der Waals surface area contributed by atoms with Crippen LogP contribution in [0, 0.1) is 40.5 Å². The summed E-state index contributed by atoms with van der Waals surface area (Å²) in [5.41, 5.74) is 3.88. The molecule has 26 heteroatoms. The van der Waals surface area contributed by atoms with E-state index >= 15 is 0 Å². The summed E-state index contributed by atoms with van der Waals surface area (Å²) in [6.45, 7) is -3.41. The molecule has 5 unspecified atom stereocenters. The van der Waals surface area contributed by atoms with E-state index in [9.17, 15) is 64.7 Å². The first-order valence-corrected chi connectivity index (χ1v) is 19.5. The van der Waals surface area contributed by atoms with Gasteiger partial charge in [0.25, 0.3) is 0 Å². The number of esters is 4. The van der Waals surface area contributed by atoms with Gasteiger partial charge in [0.1, 0.15) is 38.4 Å². The molecule has 0 radical (unpaired) electrons. The molecule has 0 bridgehead atoms. The van der Waals surface area contributed by atoms with Gasteiger partial charge in [-0.2, -0.15) is 0 Å². The molecule has 2 aliphatic rings. The number of ether oxygens (including phenoxy) is 5. The van der Waals surface area contributed by atoms with Crippen molar-refractivity contribution in [3.05, 3.63) is 105 Å². The summed E-state index contributed by atoms with van der Waals surface area (Å²) in [5, 5.41) is 53.5. The summed E-state index contributed by atoms with van der Waals surface area (Å²) in [5.74, 6) is -5.06. The minimum atomic E-state index is -2.22. The van der Waals surface area contributed by atoms with Gasteiger partial charge in [-0.05, 0) is 61.5 Å². The second-order valence-corrected chi connectivity index (χ2v) is 14.8. The van der Waals surface area contributed by atoms with Crippen LogP contribution in [0.2, 0.25) is 5.02 Å². The largest absolute Gasteiger partial charge is 0.463 e. The Hall–Kier alpha value is -5.53. The summed E-state index contributed by atoms with van der Waals surface area (Å²) in [4.78, 5) is 92.1. The fraction of sp³-hybridized carbons (Fsp3) is 0.500. The van der Waals surface area contributed by atoms with Gasteiger partial charge in [-0.15, -0.1) is 12.4 Å². The highest BCUT2D eigenvalue weighted by Crippen LogP contribution is 2.46. The molecule has 2 heterocycles. The Morgan fingerprint density at radius 3 is 1.76 bits per heavy atom. The molecule has 2 aromatic rings. The number of halogens is 2. The molecule has 4 rings (SSSR count). The van der Waals surface area contributed by atoms with E-state index in [0.29, 0.717) is 0 Å². The zero-order valence-electron chi connectivity index (χ0n) is 33.1. The number of hydrogen-bond acceptors (Lipinski definition) is 20. The van der Waals surface area contributed by atoms with Gasteiger partial charge in [-0.25, -0.2) is 0 Å². The molecule has 0 aliphatic carbocycles. The normalized spacial score (nSPS) is 19.2. The van der Waals surface area contributed by atoms with E-state index in [1.165, 1.54) is 26.5 Å². The Bertz CT molecular complexity index is 1970. The molecule has 5 atom stereocenters. The van der Waals surface area contributed by atoms with Crippen LogP contribution in [0.4, 0.5) is 0 Å². The van der Waals surface area contributed by atoms with Crippen LogP contribution >= 0.6 is 35.8 Å². The Morgan fingerprint density at radius 2 is 1.23 bits per heavy atom. The molecule has 340 valence electrons. The van der Waals surface area contributed by atoms with Gasteiger partial charge in [0, 0.05) is 41.1 Å². The van der Waals surface area contributed by atoms with Gasteiger partial charge in [0.2, 0.25) is 26.2 Å². The van der Waals surface area contributed by atoms with E-state index in [-0.39, 0.29) is 12.4 Å². The number of rotatable bonds is 20. The molecular formula is C36H43Cl2N5O18S. The molecule has 0 amide bonds. The third-order valence-corrected chi connectivity index (χ3v) is 9.76. The van der Waals surface area contributed by atoms with E-state index in [4.69, 9.17) is 35.3 Å². The smallest absolute Gasteiger partial charge is 0.313 e. The standard InChI is InChI=1S/C18H18ClNS.C18H24N4O18.ClH/c1-20(2)11-5-7-14-15-6-3-4-8-17(15)21-18-10-9-13(19)12-16(14)18;23-11(1-5-19(28)29)36-9-10-15(38-12(24)2-6-20(30)31)16(39-13(25)3-7-21(32)33)17(18(27)37-10)40-14(26)4-8-22(34)35;/h3-4,6-10,12H,5,11H2,1-2H3;10,15-18,27H,1-9H2;1H. The third kappa shape index (κ3) is 17.8. The zero-order valence-corrected chi connectivity index (χ0v) is 35.5. The van der Waals surface area contributed by atoms with E-state index in [1.54, 1.807) is 0 Å². The van der Waals surface area contributed by atoms with Crippen LogP contribution in [0.5, 0.6) is 0 Å². The number of benzene rings is 2. The van der Waals surface area contributed by atoms with Crippen LogP contribution in [-0.4, -0.2) is 138 Å². The lowest BCUT2D eigenvalue weighted by Crippen LogP contribution is -2.62. The van der Waals surface area contributed by atoms with Crippen molar-refractivity contribution in [2.75, 3.05) is 53.4 Å². The lowest BCUT2D eigenvalue weighted by atomic mass is 9.96. The Kier molecular flexibility index (Phi) is 22.1. The summed E-state index contributed by atoms with van der Waals surface area (Å²) in [7, 11) is 4.21. The number of carbonyl (C=O) groups excluding carboxylic acids is 4.